The third-order valence-corrected chi connectivity index (χ3v) is 7.03. The van der Waals surface area contributed by atoms with Gasteiger partial charge < -0.3 is 0 Å². The second kappa shape index (κ2) is 5.86. The van der Waals surface area contributed by atoms with Gasteiger partial charge in [-0.15, -0.1) is 5.10 Å². The first-order valence-corrected chi connectivity index (χ1v) is 9.96. The first-order chi connectivity index (χ1) is 13.4. The Labute approximate surface area is 169 Å². The van der Waals surface area contributed by atoms with E-state index in [0.29, 0.717) is 4.60 Å². The van der Waals surface area contributed by atoms with E-state index in [9.17, 15) is 8.78 Å². The molecule has 0 radical (unpaired) electrons. The van der Waals surface area contributed by atoms with E-state index in [1.807, 2.05) is 6.07 Å². The molecule has 0 aliphatic heterocycles. The molecule has 0 unspecified atom stereocenters. The van der Waals surface area contributed by atoms with Gasteiger partial charge in [0, 0.05) is 6.20 Å². The van der Waals surface area contributed by atoms with Crippen LogP contribution < -0.4 is 0 Å². The Morgan fingerprint density at radius 2 is 1.86 bits per heavy atom. The van der Waals surface area contributed by atoms with Gasteiger partial charge in [-0.3, -0.25) is 4.98 Å². The van der Waals surface area contributed by atoms with Crippen LogP contribution in [0.25, 0.3) is 11.3 Å². The van der Waals surface area contributed by atoms with Gasteiger partial charge >= 0.3 is 0 Å². The van der Waals surface area contributed by atoms with Gasteiger partial charge in [0.25, 0.3) is 0 Å². The van der Waals surface area contributed by atoms with E-state index in [0.717, 1.165) is 29.8 Å². The van der Waals surface area contributed by atoms with E-state index >= 15 is 0 Å². The molecule has 2 heterocycles. The highest BCUT2D eigenvalue weighted by Crippen LogP contribution is 2.69. The summed E-state index contributed by atoms with van der Waals surface area (Å²) in [7, 11) is 0. The summed E-state index contributed by atoms with van der Waals surface area (Å²) >= 11 is 3.42. The molecule has 1 fully saturated rings. The highest BCUT2D eigenvalue weighted by molar-refractivity contribution is 9.10. The summed E-state index contributed by atoms with van der Waals surface area (Å²) in [6, 6.07) is 5.63. The Balaban J connectivity index is 1.74. The summed E-state index contributed by atoms with van der Waals surface area (Å²) in [6.07, 6.45) is 5.30. The van der Waals surface area contributed by atoms with Crippen molar-refractivity contribution in [3.63, 3.8) is 0 Å². The molecule has 4 nitrogen and oxygen atoms in total. The van der Waals surface area contributed by atoms with Crippen LogP contribution in [0.1, 0.15) is 49.6 Å². The lowest BCUT2D eigenvalue weighted by Gasteiger charge is -2.37. The van der Waals surface area contributed by atoms with E-state index < -0.39 is 17.0 Å². The summed E-state index contributed by atoms with van der Waals surface area (Å²) in [5.41, 5.74) is 2.23. The van der Waals surface area contributed by atoms with Gasteiger partial charge in [-0.05, 0) is 63.9 Å². The molecular formula is C21H17BrF2N4. The van der Waals surface area contributed by atoms with Crippen LogP contribution in [0.3, 0.4) is 0 Å². The molecule has 0 spiro atoms. The fraction of sp³-hybridized carbons (Fsp3) is 0.333. The highest BCUT2D eigenvalue weighted by atomic mass is 79.9. The first-order valence-electron chi connectivity index (χ1n) is 9.17. The molecule has 2 atom stereocenters. The average molecular weight is 443 g/mol. The van der Waals surface area contributed by atoms with Crippen LogP contribution in [0.2, 0.25) is 0 Å². The lowest BCUT2D eigenvalue weighted by Crippen LogP contribution is -2.38. The number of fused-ring (bicyclic) bond motifs is 5. The van der Waals surface area contributed by atoms with E-state index in [-0.39, 0.29) is 22.6 Å². The van der Waals surface area contributed by atoms with Crippen LogP contribution in [0.5, 0.6) is 0 Å². The Kier molecular flexibility index (Phi) is 3.72. The maximum Gasteiger partial charge on any atom is 0.135 e. The molecule has 5 rings (SSSR count). The Bertz CT molecular complexity index is 1100. The van der Waals surface area contributed by atoms with Gasteiger partial charge in [0.1, 0.15) is 16.2 Å². The van der Waals surface area contributed by atoms with Crippen molar-refractivity contribution in [3.05, 3.63) is 69.8 Å². The average Bonchev–Trinajstić information content (AvgIpc) is 3.03. The van der Waals surface area contributed by atoms with Gasteiger partial charge in [-0.1, -0.05) is 19.9 Å². The summed E-state index contributed by atoms with van der Waals surface area (Å²) in [4.78, 5) is 9.00. The predicted octanol–water partition coefficient (Wildman–Crippen LogP) is 5.18. The molecular weight excluding hydrogens is 426 g/mol. The monoisotopic (exact) mass is 442 g/mol. The molecule has 1 aromatic carbocycles. The molecule has 2 aromatic heterocycles. The van der Waals surface area contributed by atoms with Crippen LogP contribution in [0.4, 0.5) is 8.78 Å². The number of rotatable bonds is 2. The second-order valence-corrected chi connectivity index (χ2v) is 8.89. The van der Waals surface area contributed by atoms with E-state index in [2.05, 4.69) is 45.0 Å². The molecule has 3 aromatic rings. The first kappa shape index (κ1) is 17.8. The van der Waals surface area contributed by atoms with Crippen molar-refractivity contribution < 1.29 is 8.78 Å². The van der Waals surface area contributed by atoms with Gasteiger partial charge in [0.05, 0.1) is 34.3 Å². The lowest BCUT2D eigenvalue weighted by atomic mass is 9.66. The summed E-state index contributed by atoms with van der Waals surface area (Å²) in [6.45, 7) is 4.41. The highest BCUT2D eigenvalue weighted by Gasteiger charge is 2.65. The molecule has 0 amide bonds. The topological polar surface area (TPSA) is 51.6 Å². The quantitative estimate of drug-likeness (QED) is 0.548. The molecule has 0 saturated heterocycles. The standard InChI is InChI=1S/C21H17BrF2N4/c1-20(2)12-6-7-21(20,16-9-25-10-17(22)26-16)19-11(12)8-15(27-28-19)18-13(23)4-3-5-14(18)24/h3-5,8-10,12H,6-7H2,1-2H3/t12-,21+/m0/s1. The fourth-order valence-corrected chi connectivity index (χ4v) is 5.61. The minimum absolute atomic E-state index is 0.130. The van der Waals surface area contributed by atoms with Crippen LogP contribution in [0.15, 0.2) is 41.3 Å². The third-order valence-electron chi connectivity index (χ3n) is 6.64. The van der Waals surface area contributed by atoms with Crippen molar-refractivity contribution in [2.24, 2.45) is 5.41 Å². The van der Waals surface area contributed by atoms with Crippen LogP contribution >= 0.6 is 15.9 Å². The van der Waals surface area contributed by atoms with Crippen LogP contribution in [-0.2, 0) is 5.41 Å². The number of nitrogens with zero attached hydrogens (tertiary/aromatic N) is 4. The molecule has 142 valence electrons. The Morgan fingerprint density at radius 3 is 2.57 bits per heavy atom. The van der Waals surface area contributed by atoms with Gasteiger partial charge in [-0.25, -0.2) is 13.8 Å². The summed E-state index contributed by atoms with van der Waals surface area (Å²) < 4.78 is 29.2. The smallest absolute Gasteiger partial charge is 0.135 e. The number of aromatic nitrogens is 4. The molecule has 7 heteroatoms. The zero-order valence-corrected chi connectivity index (χ0v) is 17.0. The van der Waals surface area contributed by atoms with Crippen molar-refractivity contribution in [3.8, 4) is 11.3 Å². The maximum absolute atomic E-state index is 14.3. The fourth-order valence-electron chi connectivity index (χ4n) is 5.30. The molecule has 28 heavy (non-hydrogen) atoms. The van der Waals surface area contributed by atoms with Crippen molar-refractivity contribution in [2.45, 2.75) is 38.0 Å². The third kappa shape index (κ3) is 2.14. The lowest BCUT2D eigenvalue weighted by molar-refractivity contribution is 0.242. The number of benzene rings is 1. The van der Waals surface area contributed by atoms with Gasteiger partial charge in [-0.2, -0.15) is 5.10 Å². The summed E-state index contributed by atoms with van der Waals surface area (Å²) in [5.74, 6) is -1.05. The van der Waals surface area contributed by atoms with Gasteiger partial charge in [0.2, 0.25) is 0 Å². The van der Waals surface area contributed by atoms with Crippen molar-refractivity contribution >= 4 is 15.9 Å². The molecule has 2 aliphatic rings. The molecule has 2 bridgehead atoms. The van der Waals surface area contributed by atoms with E-state index in [1.54, 1.807) is 12.4 Å². The number of hydrogen-bond acceptors (Lipinski definition) is 4. The minimum Gasteiger partial charge on any atom is -0.260 e. The molecule has 0 N–H and O–H groups in total. The summed E-state index contributed by atoms with van der Waals surface area (Å²) in [5, 5.41) is 8.74. The zero-order valence-electron chi connectivity index (χ0n) is 15.4. The van der Waals surface area contributed by atoms with Crippen molar-refractivity contribution in [2.75, 3.05) is 0 Å². The van der Waals surface area contributed by atoms with Gasteiger partial charge in [0.15, 0.2) is 0 Å². The Hall–Kier alpha value is -2.28. The normalized spacial score (nSPS) is 24.4. The van der Waals surface area contributed by atoms with Crippen LogP contribution in [0, 0.1) is 17.0 Å². The van der Waals surface area contributed by atoms with E-state index in [4.69, 9.17) is 4.98 Å². The second-order valence-electron chi connectivity index (χ2n) is 8.08. The van der Waals surface area contributed by atoms with Crippen LogP contribution in [-0.4, -0.2) is 20.2 Å². The van der Waals surface area contributed by atoms with E-state index in [1.165, 1.54) is 18.2 Å². The number of halogens is 3. The molecule has 2 aliphatic carbocycles. The van der Waals surface area contributed by atoms with Crippen molar-refractivity contribution in [1.29, 1.82) is 0 Å². The largest absolute Gasteiger partial charge is 0.260 e. The predicted molar refractivity (Wildman–Crippen MR) is 104 cm³/mol. The molecule has 1 saturated carbocycles. The maximum atomic E-state index is 14.3. The van der Waals surface area contributed by atoms with Crippen molar-refractivity contribution in [1.82, 2.24) is 20.2 Å². The minimum atomic E-state index is -0.635. The zero-order chi connectivity index (χ0) is 19.7. The number of hydrogen-bond donors (Lipinski definition) is 0. The Morgan fingerprint density at radius 1 is 1.11 bits per heavy atom. The SMILES string of the molecule is CC1(C)[C@H]2CC[C@@]1(c1cncc(Br)n1)c1nnc(-c3c(F)cccc3F)cc12.